The lowest BCUT2D eigenvalue weighted by molar-refractivity contribution is 0.102. The second kappa shape index (κ2) is 9.05. The number of hydrogen-bond acceptors (Lipinski definition) is 4. The van der Waals surface area contributed by atoms with Gasteiger partial charge in [-0.15, -0.1) is 0 Å². The molecule has 8 heteroatoms. The molecule has 1 amide bonds. The Morgan fingerprint density at radius 1 is 0.935 bits per heavy atom. The summed E-state index contributed by atoms with van der Waals surface area (Å²) in [7, 11) is -3.59. The van der Waals surface area contributed by atoms with Crippen LogP contribution in [0.25, 0.3) is 5.69 Å². The lowest BCUT2D eigenvalue weighted by Gasteiger charge is -2.33. The van der Waals surface area contributed by atoms with E-state index in [9.17, 15) is 13.2 Å². The van der Waals surface area contributed by atoms with Crippen molar-refractivity contribution < 1.29 is 13.2 Å². The molecule has 1 aliphatic heterocycles. The van der Waals surface area contributed by atoms with Crippen LogP contribution in [0.1, 0.15) is 17.3 Å². The molecule has 162 valence electrons. The maximum atomic E-state index is 13.0. The number of nitrogens with zero attached hydrogens (tertiary/aromatic N) is 3. The molecule has 0 radical (unpaired) electrons. The first-order valence-corrected chi connectivity index (χ1v) is 11.8. The number of rotatable bonds is 6. The standard InChI is InChI=1S/C23H26N4O3S/c1-2-25-14-16-27(17-15-25)31(29,30)22-7-5-6-20(18-22)24-23(28)19-8-10-21(11-9-19)26-12-3-4-13-26/h3-13,18H,2,14-17H2,1H3,(H,24,28). The molecule has 1 aromatic heterocycles. The summed E-state index contributed by atoms with van der Waals surface area (Å²) in [5.74, 6) is -0.287. The van der Waals surface area contributed by atoms with Crippen molar-refractivity contribution in [1.29, 1.82) is 0 Å². The number of sulfonamides is 1. The summed E-state index contributed by atoms with van der Waals surface area (Å²) in [5.41, 5.74) is 1.91. The van der Waals surface area contributed by atoms with E-state index in [4.69, 9.17) is 0 Å². The summed E-state index contributed by atoms with van der Waals surface area (Å²) in [6.45, 7) is 5.39. The monoisotopic (exact) mass is 438 g/mol. The Hall–Kier alpha value is -2.94. The summed E-state index contributed by atoms with van der Waals surface area (Å²) in [5, 5.41) is 2.81. The lowest BCUT2D eigenvalue weighted by Crippen LogP contribution is -2.48. The van der Waals surface area contributed by atoms with Crippen LogP contribution in [0.4, 0.5) is 5.69 Å². The molecule has 0 spiro atoms. The van der Waals surface area contributed by atoms with Crippen LogP contribution in [0.15, 0.2) is 78.0 Å². The van der Waals surface area contributed by atoms with Gasteiger partial charge in [-0.1, -0.05) is 13.0 Å². The van der Waals surface area contributed by atoms with Crippen molar-refractivity contribution in [2.45, 2.75) is 11.8 Å². The molecule has 0 saturated carbocycles. The third-order valence-electron chi connectivity index (χ3n) is 5.54. The molecule has 3 aromatic rings. The molecular weight excluding hydrogens is 412 g/mol. The quantitative estimate of drug-likeness (QED) is 0.642. The van der Waals surface area contributed by atoms with E-state index >= 15 is 0 Å². The summed E-state index contributed by atoms with van der Waals surface area (Å²) < 4.78 is 29.5. The van der Waals surface area contributed by atoms with E-state index < -0.39 is 10.0 Å². The Morgan fingerprint density at radius 3 is 2.26 bits per heavy atom. The first kappa shape index (κ1) is 21.3. The average Bonchev–Trinajstić information content (AvgIpc) is 3.34. The number of carbonyl (C=O) groups is 1. The predicted molar refractivity (Wildman–Crippen MR) is 121 cm³/mol. The van der Waals surface area contributed by atoms with Crippen molar-refractivity contribution in [2.75, 3.05) is 38.0 Å². The Kier molecular flexibility index (Phi) is 6.22. The highest BCUT2D eigenvalue weighted by molar-refractivity contribution is 7.89. The van der Waals surface area contributed by atoms with Crippen molar-refractivity contribution in [3.8, 4) is 5.69 Å². The molecule has 0 bridgehead atoms. The number of anilines is 1. The first-order chi connectivity index (χ1) is 15.0. The van der Waals surface area contributed by atoms with E-state index in [2.05, 4.69) is 17.1 Å². The van der Waals surface area contributed by atoms with Crippen molar-refractivity contribution in [1.82, 2.24) is 13.8 Å². The van der Waals surface area contributed by atoms with Crippen LogP contribution in [0, 0.1) is 0 Å². The van der Waals surface area contributed by atoms with Crippen LogP contribution in [0.5, 0.6) is 0 Å². The van der Waals surface area contributed by atoms with Gasteiger partial charge < -0.3 is 14.8 Å². The lowest BCUT2D eigenvalue weighted by atomic mass is 10.2. The second-order valence-electron chi connectivity index (χ2n) is 7.46. The molecule has 1 N–H and O–H groups in total. The summed E-state index contributed by atoms with van der Waals surface area (Å²) in [6.07, 6.45) is 3.87. The second-order valence-corrected chi connectivity index (χ2v) is 9.40. The van der Waals surface area contributed by atoms with Gasteiger partial charge in [-0.3, -0.25) is 4.79 Å². The molecule has 1 fully saturated rings. The van der Waals surface area contributed by atoms with E-state index in [1.165, 1.54) is 10.4 Å². The molecule has 0 aliphatic carbocycles. The van der Waals surface area contributed by atoms with Crippen LogP contribution in [0.2, 0.25) is 0 Å². The van der Waals surface area contributed by atoms with E-state index in [0.717, 1.165) is 25.3 Å². The number of benzene rings is 2. The van der Waals surface area contributed by atoms with E-state index in [1.54, 1.807) is 30.3 Å². The van der Waals surface area contributed by atoms with Gasteiger partial charge in [-0.05, 0) is 61.1 Å². The van der Waals surface area contributed by atoms with Gasteiger partial charge in [0.05, 0.1) is 4.90 Å². The maximum absolute atomic E-state index is 13.0. The fraction of sp³-hybridized carbons (Fsp3) is 0.261. The minimum Gasteiger partial charge on any atom is -0.324 e. The molecule has 1 saturated heterocycles. The Labute approximate surface area is 183 Å². The molecule has 0 atom stereocenters. The number of hydrogen-bond donors (Lipinski definition) is 1. The number of aromatic nitrogens is 1. The largest absolute Gasteiger partial charge is 0.324 e. The molecule has 2 heterocycles. The number of amides is 1. The van der Waals surface area contributed by atoms with Gasteiger partial charge in [0.1, 0.15) is 0 Å². The zero-order valence-corrected chi connectivity index (χ0v) is 18.3. The zero-order valence-electron chi connectivity index (χ0n) is 17.4. The van der Waals surface area contributed by atoms with Crippen molar-refractivity contribution in [2.24, 2.45) is 0 Å². The Balaban J connectivity index is 1.46. The smallest absolute Gasteiger partial charge is 0.255 e. The van der Waals surface area contributed by atoms with Crippen molar-refractivity contribution >= 4 is 21.6 Å². The minimum atomic E-state index is -3.59. The minimum absolute atomic E-state index is 0.193. The summed E-state index contributed by atoms with van der Waals surface area (Å²) >= 11 is 0. The molecule has 4 rings (SSSR count). The first-order valence-electron chi connectivity index (χ1n) is 10.3. The molecule has 7 nitrogen and oxygen atoms in total. The van der Waals surface area contributed by atoms with Crippen LogP contribution in [0.3, 0.4) is 0 Å². The highest BCUT2D eigenvalue weighted by atomic mass is 32.2. The van der Waals surface area contributed by atoms with Crippen LogP contribution in [-0.2, 0) is 10.0 Å². The van der Waals surface area contributed by atoms with E-state index in [-0.39, 0.29) is 10.8 Å². The van der Waals surface area contributed by atoms with Gasteiger partial charge in [0.2, 0.25) is 10.0 Å². The van der Waals surface area contributed by atoms with Crippen LogP contribution < -0.4 is 5.32 Å². The van der Waals surface area contributed by atoms with Crippen molar-refractivity contribution in [3.05, 3.63) is 78.6 Å². The van der Waals surface area contributed by atoms with Gasteiger partial charge in [-0.25, -0.2) is 8.42 Å². The summed E-state index contributed by atoms with van der Waals surface area (Å²) in [4.78, 5) is 15.1. The zero-order chi connectivity index (χ0) is 21.8. The number of piperazine rings is 1. The molecule has 2 aromatic carbocycles. The fourth-order valence-electron chi connectivity index (χ4n) is 3.66. The van der Waals surface area contributed by atoms with E-state index in [0.29, 0.717) is 24.3 Å². The normalized spacial score (nSPS) is 15.6. The van der Waals surface area contributed by atoms with Gasteiger partial charge >= 0.3 is 0 Å². The summed E-state index contributed by atoms with van der Waals surface area (Å²) in [6, 6.07) is 17.5. The third-order valence-corrected chi connectivity index (χ3v) is 7.43. The van der Waals surface area contributed by atoms with Crippen LogP contribution in [-0.4, -0.2) is 60.8 Å². The van der Waals surface area contributed by atoms with Gasteiger partial charge in [0.15, 0.2) is 0 Å². The third kappa shape index (κ3) is 4.71. The van der Waals surface area contributed by atoms with Crippen molar-refractivity contribution in [3.63, 3.8) is 0 Å². The number of likely N-dealkylation sites (N-methyl/N-ethyl adjacent to an activating group) is 1. The van der Waals surface area contributed by atoms with Gasteiger partial charge in [-0.2, -0.15) is 4.31 Å². The average molecular weight is 439 g/mol. The maximum Gasteiger partial charge on any atom is 0.255 e. The SMILES string of the molecule is CCN1CCN(S(=O)(=O)c2cccc(NC(=O)c3ccc(-n4cccc4)cc3)c2)CC1. The topological polar surface area (TPSA) is 74.7 Å². The molecule has 0 unspecified atom stereocenters. The highest BCUT2D eigenvalue weighted by Gasteiger charge is 2.28. The number of nitrogens with one attached hydrogen (secondary N) is 1. The fourth-order valence-corrected chi connectivity index (χ4v) is 5.13. The van der Waals surface area contributed by atoms with Gasteiger partial charge in [0, 0.05) is 55.5 Å². The van der Waals surface area contributed by atoms with E-state index in [1.807, 2.05) is 41.2 Å². The predicted octanol–water partition coefficient (Wildman–Crippen LogP) is 3.06. The Morgan fingerprint density at radius 2 is 1.61 bits per heavy atom. The highest BCUT2D eigenvalue weighted by Crippen LogP contribution is 2.21. The molecular formula is C23H26N4O3S. The van der Waals surface area contributed by atoms with Crippen LogP contribution >= 0.6 is 0 Å². The van der Waals surface area contributed by atoms with Gasteiger partial charge in [0.25, 0.3) is 5.91 Å². The molecule has 1 aliphatic rings. The number of carbonyl (C=O) groups excluding carboxylic acids is 1. The Bertz CT molecular complexity index is 1130. The molecule has 31 heavy (non-hydrogen) atoms.